The van der Waals surface area contributed by atoms with Gasteiger partial charge in [-0.3, -0.25) is 43.4 Å². The molecule has 0 aliphatic carbocycles. The summed E-state index contributed by atoms with van der Waals surface area (Å²) >= 11 is 0. The van der Waals surface area contributed by atoms with Crippen molar-refractivity contribution >= 4 is 53.4 Å². The van der Waals surface area contributed by atoms with E-state index in [9.17, 15) is 58.5 Å². The molecule has 0 spiro atoms. The number of carbonyl (C=O) groups excluding carboxylic acids is 6. The Morgan fingerprint density at radius 3 is 1.48 bits per heavy atom. The molecule has 0 saturated carbocycles. The molecule has 3 unspecified atom stereocenters. The van der Waals surface area contributed by atoms with E-state index in [1.54, 1.807) is 24.3 Å². The lowest BCUT2D eigenvalue weighted by Crippen LogP contribution is -2.50. The van der Waals surface area contributed by atoms with Gasteiger partial charge >= 0.3 is 23.9 Å². The van der Waals surface area contributed by atoms with Crippen LogP contribution in [0.5, 0.6) is 5.75 Å². The Morgan fingerprint density at radius 2 is 0.977 bits per heavy atom. The first kappa shape index (κ1) is 78.2. The number of aliphatic carboxylic acids is 3. The van der Waals surface area contributed by atoms with E-state index in [0.717, 1.165) is 57.4 Å². The number of phenolic OH excluding ortho intramolecular Hbond substituents is 1. The second kappa shape index (κ2) is 40.7. The maximum Gasteiger partial charge on any atom is 0.326 e. The summed E-state index contributed by atoms with van der Waals surface area (Å²) in [5.41, 5.74) is 0.298. The smallest absolute Gasteiger partial charge is 0.326 e. The standard InChI is InChI=1S/C65H114N10O13/c1-12-49(58(83)67-31-14-13-21-54(61(86)87)71-62(88)70-53(47(2)76)26-27-56(79)80)42-64(6,7)28-18-20-51(60(85)69-44-48-22-24-52(77)25-23-48)43-65(8,9)29-17-19-50(41-63(3,4)5)59(84)68-32-16-15-30-66-55(78)45-74-37-35-72(10)33-34-73(11)36-38-75(40-39-74)46-57(81)82/h22-25,49-51,53-54,77H,12-21,26-46H2,1-11H3,(H,66,78)(H,67,83)(H,68,84)(H,69,85)(H,79,80)(H,81,82)(H,86,87)(H2,70,71,88)/t49?,50?,51?,53-,54-/m0/s1. The average Bonchev–Trinajstić information content (AvgIpc) is 3.53. The van der Waals surface area contributed by atoms with Crippen molar-refractivity contribution in [2.24, 2.45) is 34.0 Å². The second-order valence-electron chi connectivity index (χ2n) is 27.5. The number of urea groups is 1. The minimum atomic E-state index is -1.27. The summed E-state index contributed by atoms with van der Waals surface area (Å²) in [4.78, 5) is 122. The molecule has 23 heteroatoms. The predicted molar refractivity (Wildman–Crippen MR) is 341 cm³/mol. The fourth-order valence-electron chi connectivity index (χ4n) is 11.3. The van der Waals surface area contributed by atoms with Crippen LogP contribution in [0.15, 0.2) is 24.3 Å². The number of Topliss-reactive ketones (excluding diaryl/α,β-unsaturated/α-hetero) is 1. The summed E-state index contributed by atoms with van der Waals surface area (Å²) in [6.07, 6.45) is 8.86. The molecule has 0 radical (unpaired) electrons. The largest absolute Gasteiger partial charge is 0.508 e. The Bertz CT molecular complexity index is 2310. The molecule has 6 amide bonds. The predicted octanol–water partition coefficient (Wildman–Crippen LogP) is 6.32. The van der Waals surface area contributed by atoms with Crippen molar-refractivity contribution in [1.29, 1.82) is 0 Å². The van der Waals surface area contributed by atoms with E-state index in [-0.39, 0.29) is 95.7 Å². The maximum atomic E-state index is 14.1. The number of carboxylic acid groups (broad SMARTS) is 3. The number of hydrogen-bond donors (Lipinski definition) is 10. The highest BCUT2D eigenvalue weighted by molar-refractivity contribution is 5.89. The monoisotopic (exact) mass is 1240 g/mol. The highest BCUT2D eigenvalue weighted by Gasteiger charge is 2.33. The first-order chi connectivity index (χ1) is 41.3. The van der Waals surface area contributed by atoms with Crippen molar-refractivity contribution in [2.75, 3.05) is 99.2 Å². The van der Waals surface area contributed by atoms with E-state index < -0.39 is 41.8 Å². The van der Waals surface area contributed by atoms with Crippen LogP contribution in [0.25, 0.3) is 0 Å². The van der Waals surface area contributed by atoms with E-state index in [2.05, 4.69) is 109 Å². The van der Waals surface area contributed by atoms with Crippen LogP contribution in [0.4, 0.5) is 4.79 Å². The van der Waals surface area contributed by atoms with Crippen molar-refractivity contribution in [2.45, 2.75) is 190 Å². The number of nitrogens with one attached hydrogen (secondary N) is 6. The van der Waals surface area contributed by atoms with Gasteiger partial charge in [-0.05, 0) is 145 Å². The van der Waals surface area contributed by atoms with Gasteiger partial charge in [0, 0.05) is 103 Å². The first-order valence-corrected chi connectivity index (χ1v) is 32.2. The van der Waals surface area contributed by atoms with E-state index in [0.29, 0.717) is 117 Å². The number of carbonyl (C=O) groups is 9. The third-order valence-corrected chi connectivity index (χ3v) is 16.7. The Labute approximate surface area is 525 Å². The molecule has 88 heavy (non-hydrogen) atoms. The SMILES string of the molecule is CCC(CC(C)(C)CCCC(CC(C)(C)CCCC(CC(C)(C)C)C(=O)NCCCCNC(=O)CN1CCN(C)CCN(C)CCN(CC(=O)O)CC1)C(=O)NCc1ccc(O)cc1)C(=O)NCCCC[C@H](NC(=O)N[C@@H](CCC(=O)O)C(C)=O)C(=O)O. The Morgan fingerprint density at radius 1 is 0.523 bits per heavy atom. The van der Waals surface area contributed by atoms with Gasteiger partial charge in [0.1, 0.15) is 11.8 Å². The Balaban J connectivity index is 1.97. The number of hydrogen-bond acceptors (Lipinski definition) is 14. The van der Waals surface area contributed by atoms with E-state index in [1.165, 1.54) is 6.92 Å². The number of nitrogens with zero attached hydrogens (tertiary/aromatic N) is 4. The lowest BCUT2D eigenvalue weighted by Gasteiger charge is -2.32. The van der Waals surface area contributed by atoms with E-state index in [1.807, 2.05) is 11.8 Å². The van der Waals surface area contributed by atoms with Crippen molar-refractivity contribution in [1.82, 2.24) is 51.5 Å². The lowest BCUT2D eigenvalue weighted by atomic mass is 9.74. The van der Waals surface area contributed by atoms with Crippen LogP contribution < -0.4 is 31.9 Å². The van der Waals surface area contributed by atoms with Crippen LogP contribution >= 0.6 is 0 Å². The van der Waals surface area contributed by atoms with Gasteiger partial charge in [-0.15, -0.1) is 0 Å². The number of rotatable bonds is 40. The second-order valence-corrected chi connectivity index (χ2v) is 27.5. The zero-order chi connectivity index (χ0) is 66.0. The number of amides is 6. The zero-order valence-electron chi connectivity index (χ0n) is 55.4. The summed E-state index contributed by atoms with van der Waals surface area (Å²) in [6, 6.07) is 3.54. The van der Waals surface area contributed by atoms with Gasteiger partial charge in [-0.2, -0.15) is 0 Å². The normalized spacial score (nSPS) is 16.3. The van der Waals surface area contributed by atoms with Crippen molar-refractivity contribution < 1.29 is 63.6 Å². The first-order valence-electron chi connectivity index (χ1n) is 32.2. The summed E-state index contributed by atoms with van der Waals surface area (Å²) in [5.74, 6) is -4.55. The minimum absolute atomic E-state index is 0.0257. The molecule has 10 N–H and O–H groups in total. The molecule has 23 nitrogen and oxygen atoms in total. The average molecular weight is 1240 g/mol. The summed E-state index contributed by atoms with van der Waals surface area (Å²) < 4.78 is 0. The minimum Gasteiger partial charge on any atom is -0.508 e. The maximum absolute atomic E-state index is 14.1. The van der Waals surface area contributed by atoms with E-state index >= 15 is 0 Å². The van der Waals surface area contributed by atoms with Gasteiger partial charge < -0.3 is 62.1 Å². The zero-order valence-corrected chi connectivity index (χ0v) is 55.4. The van der Waals surface area contributed by atoms with Gasteiger partial charge in [0.15, 0.2) is 5.78 Å². The number of phenols is 1. The van der Waals surface area contributed by atoms with Crippen LogP contribution in [-0.2, 0) is 44.9 Å². The van der Waals surface area contributed by atoms with Gasteiger partial charge in [-0.1, -0.05) is 80.4 Å². The Hall–Kier alpha value is -5.91. The number of unbranched alkanes of at least 4 members (excludes halogenated alkanes) is 2. The third kappa shape index (κ3) is 35.9. The van der Waals surface area contributed by atoms with Crippen LogP contribution in [0.2, 0.25) is 0 Å². The highest BCUT2D eigenvalue weighted by Crippen LogP contribution is 2.38. The fourth-order valence-corrected chi connectivity index (χ4v) is 11.3. The van der Waals surface area contributed by atoms with Gasteiger partial charge in [0.2, 0.25) is 23.6 Å². The molecular weight excluding hydrogens is 1130 g/mol. The van der Waals surface area contributed by atoms with Crippen molar-refractivity contribution in [3.8, 4) is 5.75 Å². The van der Waals surface area contributed by atoms with Crippen LogP contribution in [0.3, 0.4) is 0 Å². The molecular formula is C65H114N10O13. The number of aromatic hydroxyl groups is 1. The molecule has 1 fully saturated rings. The highest BCUT2D eigenvalue weighted by atomic mass is 16.4. The van der Waals surface area contributed by atoms with Crippen LogP contribution in [-0.4, -0.2) is 205 Å². The molecule has 1 aliphatic rings. The molecule has 1 aromatic carbocycles. The summed E-state index contributed by atoms with van der Waals surface area (Å²) in [6.45, 7) is 25.8. The molecule has 2 rings (SSSR count). The fraction of sp³-hybridized carbons (Fsp3) is 0.769. The molecule has 502 valence electrons. The van der Waals surface area contributed by atoms with E-state index in [4.69, 9.17) is 5.11 Å². The number of likely N-dealkylation sites (N-methyl/N-ethyl adjacent to an activating group) is 2. The summed E-state index contributed by atoms with van der Waals surface area (Å²) in [7, 11) is 4.13. The number of ketones is 1. The lowest BCUT2D eigenvalue weighted by molar-refractivity contribution is -0.140. The molecule has 1 heterocycles. The van der Waals surface area contributed by atoms with Crippen LogP contribution in [0.1, 0.15) is 177 Å². The molecule has 1 aliphatic heterocycles. The topological polar surface area (TPSA) is 320 Å². The number of carboxylic acids is 3. The van der Waals surface area contributed by atoms with Crippen molar-refractivity contribution in [3.05, 3.63) is 29.8 Å². The number of benzene rings is 1. The molecule has 1 saturated heterocycles. The van der Waals surface area contributed by atoms with Gasteiger partial charge in [0.05, 0.1) is 19.1 Å². The molecule has 1 aromatic rings. The third-order valence-electron chi connectivity index (χ3n) is 16.7. The van der Waals surface area contributed by atoms with Crippen LogP contribution in [0, 0.1) is 34.0 Å². The molecule has 0 aromatic heterocycles. The quantitative estimate of drug-likeness (QED) is 0.0322. The van der Waals surface area contributed by atoms with Gasteiger partial charge in [-0.25, -0.2) is 9.59 Å². The molecule has 0 bridgehead atoms. The van der Waals surface area contributed by atoms with Gasteiger partial charge in [0.25, 0.3) is 0 Å². The van der Waals surface area contributed by atoms with Crippen molar-refractivity contribution in [3.63, 3.8) is 0 Å². The Kier molecular flexibility index (Phi) is 36.1. The molecule has 5 atom stereocenters. The summed E-state index contributed by atoms with van der Waals surface area (Å²) in [5, 5.41) is 55.1.